The maximum absolute atomic E-state index is 13.3. The molecule has 35 heavy (non-hydrogen) atoms. The number of hydrogen-bond donors (Lipinski definition) is 2. The summed E-state index contributed by atoms with van der Waals surface area (Å²) in [5, 5.41) is 12.1. The Morgan fingerprint density at radius 3 is 2.29 bits per heavy atom. The second-order valence-electron chi connectivity index (χ2n) is 10.0. The Hall–Kier alpha value is -3.39. The second kappa shape index (κ2) is 9.34. The van der Waals surface area contributed by atoms with Crippen LogP contribution in [0.5, 0.6) is 0 Å². The first kappa shape index (κ1) is 23.4. The number of likely N-dealkylation sites (tertiary alicyclic amines) is 1. The Morgan fingerprint density at radius 1 is 1.06 bits per heavy atom. The molecule has 0 radical (unpaired) electrons. The Labute approximate surface area is 204 Å². The number of carboxylic acids is 1. The molecule has 0 aromatic heterocycles. The number of piperidine rings is 1. The number of amides is 2. The monoisotopic (exact) mass is 477 g/mol. The first-order valence-corrected chi connectivity index (χ1v) is 12.1. The number of nitrogens with one attached hydrogen (secondary N) is 1. The third-order valence-corrected chi connectivity index (χ3v) is 7.57. The van der Waals surface area contributed by atoms with Crippen molar-refractivity contribution in [3.05, 3.63) is 59.7 Å². The lowest BCUT2D eigenvalue weighted by Crippen LogP contribution is -2.54. The van der Waals surface area contributed by atoms with E-state index in [2.05, 4.69) is 29.6 Å². The fraction of sp³-hybridized carbons (Fsp3) is 0.444. The van der Waals surface area contributed by atoms with E-state index in [-0.39, 0.29) is 36.2 Å². The zero-order valence-electron chi connectivity index (χ0n) is 20.0. The molecule has 2 aromatic carbocycles. The smallest absolute Gasteiger partial charge is 0.407 e. The predicted molar refractivity (Wildman–Crippen MR) is 130 cm³/mol. The summed E-state index contributed by atoms with van der Waals surface area (Å²) in [5.74, 6) is -1.20. The van der Waals surface area contributed by atoms with Crippen molar-refractivity contribution in [3.63, 3.8) is 0 Å². The third kappa shape index (κ3) is 4.50. The van der Waals surface area contributed by atoms with E-state index >= 15 is 0 Å². The first-order chi connectivity index (χ1) is 16.8. The summed E-state index contributed by atoms with van der Waals surface area (Å²) < 4.78 is 5.65. The standard InChI is InChI=1S/C27H31N3O5/c1-29(2)14-23(25(31)30-12-11-20-21(13-30)24(20)26(32)33)28-27(34)35-15-22-18-9-5-3-7-16(18)17-8-4-6-10-19(17)22/h3-10,20-24H,11-15H2,1-2H3,(H,28,34)(H,32,33). The van der Waals surface area contributed by atoms with E-state index in [0.717, 1.165) is 22.3 Å². The van der Waals surface area contributed by atoms with E-state index in [1.807, 2.05) is 43.3 Å². The number of alkyl carbamates (subject to hydrolysis) is 1. The van der Waals surface area contributed by atoms with Crippen LogP contribution in [0.15, 0.2) is 48.5 Å². The number of carbonyl (C=O) groups is 3. The topological polar surface area (TPSA) is 99.2 Å². The highest BCUT2D eigenvalue weighted by atomic mass is 16.5. The molecule has 184 valence electrons. The van der Waals surface area contributed by atoms with Gasteiger partial charge in [0.2, 0.25) is 5.91 Å². The van der Waals surface area contributed by atoms with Gasteiger partial charge in [-0.25, -0.2) is 4.79 Å². The number of benzene rings is 2. The van der Waals surface area contributed by atoms with E-state index in [4.69, 9.17) is 4.74 Å². The summed E-state index contributed by atoms with van der Waals surface area (Å²) in [6, 6.07) is 15.5. The molecular weight excluding hydrogens is 446 g/mol. The van der Waals surface area contributed by atoms with Crippen molar-refractivity contribution < 1.29 is 24.2 Å². The summed E-state index contributed by atoms with van der Waals surface area (Å²) in [5.41, 5.74) is 4.56. The van der Waals surface area contributed by atoms with Crippen molar-refractivity contribution >= 4 is 18.0 Å². The lowest BCUT2D eigenvalue weighted by atomic mass is 9.98. The molecular formula is C27H31N3O5. The highest BCUT2D eigenvalue weighted by Gasteiger charge is 2.57. The van der Waals surface area contributed by atoms with E-state index < -0.39 is 18.1 Å². The Morgan fingerprint density at radius 2 is 1.69 bits per heavy atom. The first-order valence-electron chi connectivity index (χ1n) is 12.1. The maximum Gasteiger partial charge on any atom is 0.407 e. The molecule has 2 aromatic rings. The number of hydrogen-bond acceptors (Lipinski definition) is 5. The van der Waals surface area contributed by atoms with Gasteiger partial charge in [0.25, 0.3) is 0 Å². The molecule has 4 unspecified atom stereocenters. The van der Waals surface area contributed by atoms with Crippen LogP contribution in [0.3, 0.4) is 0 Å². The maximum atomic E-state index is 13.3. The van der Waals surface area contributed by atoms with Crippen LogP contribution < -0.4 is 5.32 Å². The molecule has 3 aliphatic rings. The molecule has 8 nitrogen and oxygen atoms in total. The van der Waals surface area contributed by atoms with Gasteiger partial charge in [0.05, 0.1) is 5.92 Å². The molecule has 0 spiro atoms. The summed E-state index contributed by atoms with van der Waals surface area (Å²) in [6.07, 6.45) is 0.0595. The molecule has 1 heterocycles. The largest absolute Gasteiger partial charge is 0.481 e. The zero-order chi connectivity index (χ0) is 24.7. The normalized spacial score (nSPS) is 23.2. The van der Waals surface area contributed by atoms with Gasteiger partial charge in [0.1, 0.15) is 12.6 Å². The van der Waals surface area contributed by atoms with Crippen LogP contribution in [0.4, 0.5) is 4.79 Å². The molecule has 1 aliphatic heterocycles. The fourth-order valence-corrected chi connectivity index (χ4v) is 5.86. The molecule has 2 aliphatic carbocycles. The van der Waals surface area contributed by atoms with Crippen LogP contribution in [0, 0.1) is 17.8 Å². The van der Waals surface area contributed by atoms with Crippen molar-refractivity contribution in [2.24, 2.45) is 17.8 Å². The highest BCUT2D eigenvalue weighted by molar-refractivity contribution is 5.86. The van der Waals surface area contributed by atoms with Crippen LogP contribution in [0.2, 0.25) is 0 Å². The minimum absolute atomic E-state index is 0.0136. The van der Waals surface area contributed by atoms with Gasteiger partial charge in [-0.15, -0.1) is 0 Å². The van der Waals surface area contributed by atoms with Gasteiger partial charge in [0, 0.05) is 25.6 Å². The molecule has 2 fully saturated rings. The zero-order valence-corrected chi connectivity index (χ0v) is 20.0. The number of rotatable bonds is 7. The van der Waals surface area contributed by atoms with E-state index in [0.29, 0.717) is 26.1 Å². The number of carbonyl (C=O) groups excluding carboxylic acids is 2. The van der Waals surface area contributed by atoms with Gasteiger partial charge in [0.15, 0.2) is 0 Å². The van der Waals surface area contributed by atoms with Crippen LogP contribution in [-0.2, 0) is 14.3 Å². The molecule has 1 saturated heterocycles. The van der Waals surface area contributed by atoms with Crippen molar-refractivity contribution in [3.8, 4) is 11.1 Å². The molecule has 8 heteroatoms. The molecule has 4 atom stereocenters. The van der Waals surface area contributed by atoms with Gasteiger partial charge in [-0.1, -0.05) is 48.5 Å². The van der Waals surface area contributed by atoms with Gasteiger partial charge in [-0.05, 0) is 54.6 Å². The van der Waals surface area contributed by atoms with E-state index in [1.165, 1.54) is 0 Å². The average Bonchev–Trinajstić information content (AvgIpc) is 3.49. The van der Waals surface area contributed by atoms with Crippen LogP contribution in [0.1, 0.15) is 23.5 Å². The number of carboxylic acid groups (broad SMARTS) is 1. The van der Waals surface area contributed by atoms with Crippen LogP contribution in [0.25, 0.3) is 11.1 Å². The van der Waals surface area contributed by atoms with Gasteiger partial charge in [-0.2, -0.15) is 0 Å². The molecule has 2 amide bonds. The fourth-order valence-electron chi connectivity index (χ4n) is 5.86. The molecule has 5 rings (SSSR count). The molecule has 2 N–H and O–H groups in total. The van der Waals surface area contributed by atoms with Crippen molar-refractivity contribution in [1.82, 2.24) is 15.1 Å². The summed E-state index contributed by atoms with van der Waals surface area (Å²) in [4.78, 5) is 41.0. The van der Waals surface area contributed by atoms with Gasteiger partial charge >= 0.3 is 12.1 Å². The minimum atomic E-state index is -0.782. The van der Waals surface area contributed by atoms with Crippen molar-refractivity contribution in [2.45, 2.75) is 18.4 Å². The van der Waals surface area contributed by atoms with Crippen LogP contribution >= 0.6 is 0 Å². The second-order valence-corrected chi connectivity index (χ2v) is 10.0. The Bertz CT molecular complexity index is 1100. The number of nitrogens with zero attached hydrogens (tertiary/aromatic N) is 2. The average molecular weight is 478 g/mol. The summed E-state index contributed by atoms with van der Waals surface area (Å²) in [6.45, 7) is 1.45. The lowest BCUT2D eigenvalue weighted by molar-refractivity contribution is -0.139. The quantitative estimate of drug-likeness (QED) is 0.636. The SMILES string of the molecule is CN(C)CC(NC(=O)OCC1c2ccccc2-c2ccccc21)C(=O)N1CCC2C(C1)C2C(=O)O. The summed E-state index contributed by atoms with van der Waals surface area (Å²) in [7, 11) is 3.68. The minimum Gasteiger partial charge on any atom is -0.481 e. The van der Waals surface area contributed by atoms with E-state index in [1.54, 1.807) is 4.90 Å². The number of aliphatic carboxylic acids is 1. The van der Waals surface area contributed by atoms with Gasteiger partial charge < -0.3 is 25.0 Å². The number of fused-ring (bicyclic) bond motifs is 4. The number of ether oxygens (including phenoxy) is 1. The molecule has 1 saturated carbocycles. The van der Waals surface area contributed by atoms with Crippen LogP contribution in [-0.4, -0.2) is 79.3 Å². The Kier molecular flexibility index (Phi) is 6.23. The van der Waals surface area contributed by atoms with Gasteiger partial charge in [-0.3, -0.25) is 9.59 Å². The van der Waals surface area contributed by atoms with Crippen molar-refractivity contribution in [1.29, 1.82) is 0 Å². The van der Waals surface area contributed by atoms with Crippen molar-refractivity contribution in [2.75, 3.05) is 40.3 Å². The molecule has 0 bridgehead atoms. The highest BCUT2D eigenvalue weighted by Crippen LogP contribution is 2.51. The van der Waals surface area contributed by atoms with E-state index in [9.17, 15) is 19.5 Å². The third-order valence-electron chi connectivity index (χ3n) is 7.57. The predicted octanol–water partition coefficient (Wildman–Crippen LogP) is 2.63. The lowest BCUT2D eigenvalue weighted by Gasteiger charge is -2.31. The summed E-state index contributed by atoms with van der Waals surface area (Å²) >= 11 is 0. The Balaban J connectivity index is 1.23. The number of likely N-dealkylation sites (N-methyl/N-ethyl adjacent to an activating group) is 1.